The van der Waals surface area contributed by atoms with Crippen molar-refractivity contribution in [3.8, 4) is 0 Å². The molecule has 0 bridgehead atoms. The van der Waals surface area contributed by atoms with Crippen LogP contribution >= 0.6 is 0 Å². The van der Waals surface area contributed by atoms with Crippen LogP contribution in [0.5, 0.6) is 0 Å². The number of imide groups is 1. The second-order valence-corrected chi connectivity index (χ2v) is 6.62. The fourth-order valence-electron chi connectivity index (χ4n) is 4.10. The molecule has 2 atom stereocenters. The molecule has 1 aromatic rings. The first kappa shape index (κ1) is 14.5. The van der Waals surface area contributed by atoms with Crippen LogP contribution in [-0.4, -0.2) is 43.7 Å². The largest absolute Gasteiger partial charge is 0.367 e. The molecule has 4 rings (SSSR count). The number of anilines is 2. The van der Waals surface area contributed by atoms with Crippen LogP contribution in [0, 0.1) is 6.92 Å². The lowest BCUT2D eigenvalue weighted by Gasteiger charge is -2.30. The smallest absolute Gasteiger partial charge is 0.328 e. The van der Waals surface area contributed by atoms with E-state index in [2.05, 4.69) is 27.7 Å². The van der Waals surface area contributed by atoms with E-state index in [-0.39, 0.29) is 11.9 Å². The Morgan fingerprint density at radius 3 is 2.83 bits per heavy atom. The number of hydrogen-bond acceptors (Lipinski definition) is 4. The molecule has 0 spiro atoms. The molecule has 0 unspecified atom stereocenters. The van der Waals surface area contributed by atoms with Crippen molar-refractivity contribution in [2.45, 2.75) is 38.3 Å². The summed E-state index contributed by atoms with van der Waals surface area (Å²) in [6.45, 7) is 4.66. The summed E-state index contributed by atoms with van der Waals surface area (Å²) in [6, 6.07) is 7.17. The van der Waals surface area contributed by atoms with E-state index in [1.165, 1.54) is 18.5 Å². The van der Waals surface area contributed by atoms with E-state index in [4.69, 9.17) is 0 Å². The molecule has 0 saturated carbocycles. The molecular formula is C17H22N4O2. The van der Waals surface area contributed by atoms with Gasteiger partial charge in [-0.3, -0.25) is 15.0 Å². The van der Waals surface area contributed by atoms with Gasteiger partial charge in [0, 0.05) is 43.0 Å². The number of nitrogens with zero attached hydrogens (tertiary/aromatic N) is 2. The Morgan fingerprint density at radius 1 is 1.17 bits per heavy atom. The molecule has 23 heavy (non-hydrogen) atoms. The fourth-order valence-corrected chi connectivity index (χ4v) is 4.10. The van der Waals surface area contributed by atoms with Gasteiger partial charge in [-0.25, -0.2) is 4.79 Å². The normalized spacial score (nSPS) is 27.3. The lowest BCUT2D eigenvalue weighted by Crippen LogP contribution is -2.49. The van der Waals surface area contributed by atoms with Crippen molar-refractivity contribution in [3.63, 3.8) is 0 Å². The minimum atomic E-state index is -0.321. The highest BCUT2D eigenvalue weighted by molar-refractivity contribution is 6.06. The van der Waals surface area contributed by atoms with Crippen molar-refractivity contribution in [2.24, 2.45) is 0 Å². The molecule has 2 N–H and O–H groups in total. The molecule has 3 heterocycles. The van der Waals surface area contributed by atoms with Crippen molar-refractivity contribution >= 4 is 23.3 Å². The quantitative estimate of drug-likeness (QED) is 0.866. The molecular weight excluding hydrogens is 292 g/mol. The highest BCUT2D eigenvalue weighted by Gasteiger charge is 2.37. The minimum absolute atomic E-state index is 0.197. The second kappa shape index (κ2) is 5.53. The van der Waals surface area contributed by atoms with Gasteiger partial charge in [-0.2, -0.15) is 0 Å². The van der Waals surface area contributed by atoms with Crippen LogP contribution in [0.3, 0.4) is 0 Å². The highest BCUT2D eigenvalue weighted by atomic mass is 16.2. The number of aryl methyl sites for hydroxylation is 1. The maximum atomic E-state index is 12.0. The van der Waals surface area contributed by atoms with E-state index in [1.54, 1.807) is 4.90 Å². The van der Waals surface area contributed by atoms with Gasteiger partial charge in [-0.15, -0.1) is 0 Å². The van der Waals surface area contributed by atoms with Crippen molar-refractivity contribution in [2.75, 3.05) is 29.4 Å². The first-order chi connectivity index (χ1) is 11.1. The van der Waals surface area contributed by atoms with Gasteiger partial charge < -0.3 is 10.2 Å². The third-order valence-corrected chi connectivity index (χ3v) is 5.25. The lowest BCUT2D eigenvalue weighted by molar-refractivity contribution is -0.120. The average Bonchev–Trinajstić information content (AvgIpc) is 3.11. The van der Waals surface area contributed by atoms with Crippen molar-refractivity contribution in [1.82, 2.24) is 10.6 Å². The summed E-state index contributed by atoms with van der Waals surface area (Å²) < 4.78 is 0. The maximum absolute atomic E-state index is 12.0. The molecule has 0 radical (unpaired) electrons. The predicted octanol–water partition coefficient (Wildman–Crippen LogP) is 1.38. The Kier molecular flexibility index (Phi) is 3.49. The third-order valence-electron chi connectivity index (χ3n) is 5.25. The third kappa shape index (κ3) is 2.47. The van der Waals surface area contributed by atoms with E-state index in [1.807, 2.05) is 13.0 Å². The number of fused-ring (bicyclic) bond motifs is 1. The van der Waals surface area contributed by atoms with E-state index >= 15 is 0 Å². The Labute approximate surface area is 135 Å². The molecule has 0 aromatic heterocycles. The monoisotopic (exact) mass is 314 g/mol. The lowest BCUT2D eigenvalue weighted by atomic mass is 10.1. The maximum Gasteiger partial charge on any atom is 0.328 e. The van der Waals surface area contributed by atoms with Gasteiger partial charge in [0.25, 0.3) is 0 Å². The SMILES string of the molecule is Cc1cc(N2CC[C@@H]3NCC[C@@H]32)ccc1N1CCC(=O)NC1=O. The van der Waals surface area contributed by atoms with Gasteiger partial charge in [-0.05, 0) is 50.1 Å². The highest BCUT2D eigenvalue weighted by Crippen LogP contribution is 2.33. The van der Waals surface area contributed by atoms with Crippen LogP contribution in [0.15, 0.2) is 18.2 Å². The number of urea groups is 1. The van der Waals surface area contributed by atoms with Crippen LogP contribution in [0.4, 0.5) is 16.2 Å². The zero-order chi connectivity index (χ0) is 16.0. The van der Waals surface area contributed by atoms with Gasteiger partial charge in [0.1, 0.15) is 0 Å². The number of amides is 3. The van der Waals surface area contributed by atoms with Gasteiger partial charge >= 0.3 is 6.03 Å². The number of carbonyl (C=O) groups is 2. The van der Waals surface area contributed by atoms with Crippen LogP contribution < -0.4 is 20.4 Å². The first-order valence-corrected chi connectivity index (χ1v) is 8.35. The van der Waals surface area contributed by atoms with Crippen LogP contribution in [-0.2, 0) is 4.79 Å². The number of nitrogens with one attached hydrogen (secondary N) is 2. The van der Waals surface area contributed by atoms with Crippen molar-refractivity contribution in [1.29, 1.82) is 0 Å². The van der Waals surface area contributed by atoms with Crippen LogP contribution in [0.1, 0.15) is 24.8 Å². The van der Waals surface area contributed by atoms with Gasteiger partial charge in [-0.1, -0.05) is 0 Å². The molecule has 3 saturated heterocycles. The van der Waals surface area contributed by atoms with Crippen LogP contribution in [0.2, 0.25) is 0 Å². The molecule has 3 aliphatic heterocycles. The molecule has 0 aliphatic carbocycles. The van der Waals surface area contributed by atoms with Gasteiger partial charge in [0.15, 0.2) is 0 Å². The zero-order valence-corrected chi connectivity index (χ0v) is 13.3. The van der Waals surface area contributed by atoms with Crippen molar-refractivity contribution < 1.29 is 9.59 Å². The predicted molar refractivity (Wildman–Crippen MR) is 88.8 cm³/mol. The van der Waals surface area contributed by atoms with E-state index < -0.39 is 0 Å². The summed E-state index contributed by atoms with van der Waals surface area (Å²) in [4.78, 5) is 27.5. The fraction of sp³-hybridized carbons (Fsp3) is 0.529. The van der Waals surface area contributed by atoms with Crippen LogP contribution in [0.25, 0.3) is 0 Å². The number of carbonyl (C=O) groups excluding carboxylic acids is 2. The number of hydrogen-bond donors (Lipinski definition) is 2. The van der Waals surface area contributed by atoms with E-state index in [0.717, 1.165) is 24.3 Å². The Hall–Kier alpha value is -2.08. The average molecular weight is 314 g/mol. The summed E-state index contributed by atoms with van der Waals surface area (Å²) >= 11 is 0. The zero-order valence-electron chi connectivity index (χ0n) is 13.3. The summed E-state index contributed by atoms with van der Waals surface area (Å²) in [5.74, 6) is -0.197. The summed E-state index contributed by atoms with van der Waals surface area (Å²) in [5, 5.41) is 5.96. The molecule has 6 heteroatoms. The van der Waals surface area contributed by atoms with Gasteiger partial charge in [0.2, 0.25) is 5.91 Å². The minimum Gasteiger partial charge on any atom is -0.367 e. The Morgan fingerprint density at radius 2 is 2.04 bits per heavy atom. The Balaban J connectivity index is 1.58. The van der Waals surface area contributed by atoms with Gasteiger partial charge in [0.05, 0.1) is 0 Å². The number of rotatable bonds is 2. The molecule has 3 amide bonds. The second-order valence-electron chi connectivity index (χ2n) is 6.62. The molecule has 3 aliphatic rings. The van der Waals surface area contributed by atoms with Crippen molar-refractivity contribution in [3.05, 3.63) is 23.8 Å². The summed E-state index contributed by atoms with van der Waals surface area (Å²) in [7, 11) is 0. The van der Waals surface area contributed by atoms with E-state index in [0.29, 0.717) is 25.0 Å². The topological polar surface area (TPSA) is 64.7 Å². The molecule has 3 fully saturated rings. The first-order valence-electron chi connectivity index (χ1n) is 8.35. The number of benzene rings is 1. The molecule has 122 valence electrons. The van der Waals surface area contributed by atoms with E-state index in [9.17, 15) is 9.59 Å². The summed E-state index contributed by atoms with van der Waals surface area (Å²) in [6.07, 6.45) is 2.75. The molecule has 6 nitrogen and oxygen atoms in total. The summed E-state index contributed by atoms with van der Waals surface area (Å²) in [5.41, 5.74) is 3.19. The standard InChI is InChI=1S/C17H22N4O2/c1-11-10-12(20-8-5-13-15(20)4-7-18-13)2-3-14(11)21-9-6-16(22)19-17(21)23/h2-3,10,13,15,18H,4-9H2,1H3,(H,19,22,23)/t13-,15-/m0/s1. The molecule has 1 aromatic carbocycles. The Bertz CT molecular complexity index is 660.